The predicted molar refractivity (Wildman–Crippen MR) is 125 cm³/mol. The van der Waals surface area contributed by atoms with Crippen molar-refractivity contribution >= 4 is 16.6 Å². The summed E-state index contributed by atoms with van der Waals surface area (Å²) < 4.78 is 13.0. The van der Waals surface area contributed by atoms with Crippen molar-refractivity contribution in [2.45, 2.75) is 13.0 Å². The third-order valence-corrected chi connectivity index (χ3v) is 5.44. The van der Waals surface area contributed by atoms with E-state index in [0.29, 0.717) is 5.89 Å². The van der Waals surface area contributed by atoms with Crippen LogP contribution in [-0.4, -0.2) is 33.4 Å². The van der Waals surface area contributed by atoms with Crippen LogP contribution in [0.25, 0.3) is 33.5 Å². The molecule has 0 aliphatic heterocycles. The Labute approximate surface area is 185 Å². The summed E-state index contributed by atoms with van der Waals surface area (Å²) in [5.74, 6) is 1.28. The number of aryl methyl sites for hydroxylation is 1. The normalized spacial score (nSPS) is 11.0. The van der Waals surface area contributed by atoms with Gasteiger partial charge in [-0.25, -0.2) is 0 Å². The molecule has 7 heteroatoms. The van der Waals surface area contributed by atoms with Crippen molar-refractivity contribution in [2.24, 2.45) is 0 Å². The van der Waals surface area contributed by atoms with E-state index in [1.165, 1.54) is 6.39 Å². The number of rotatable bonds is 8. The van der Waals surface area contributed by atoms with Gasteiger partial charge in [0.1, 0.15) is 5.75 Å². The third-order valence-electron chi connectivity index (χ3n) is 5.44. The molecule has 0 radical (unpaired) electrons. The molecule has 5 aromatic rings. The first kappa shape index (κ1) is 19.8. The van der Waals surface area contributed by atoms with Gasteiger partial charge in [-0.05, 0) is 53.9 Å². The number of hydrogen-bond acceptors (Lipinski definition) is 6. The maximum Gasteiger partial charge on any atom is 0.251 e. The van der Waals surface area contributed by atoms with Crippen molar-refractivity contribution in [2.75, 3.05) is 19.0 Å². The minimum absolute atomic E-state index is 0.446. The van der Waals surface area contributed by atoms with E-state index in [-0.39, 0.29) is 0 Å². The van der Waals surface area contributed by atoms with Crippen molar-refractivity contribution < 1.29 is 9.15 Å². The topological polar surface area (TPSA) is 78.0 Å². The van der Waals surface area contributed by atoms with E-state index in [0.717, 1.165) is 58.5 Å². The van der Waals surface area contributed by atoms with E-state index in [4.69, 9.17) is 9.15 Å². The summed E-state index contributed by atoms with van der Waals surface area (Å²) >= 11 is 0. The van der Waals surface area contributed by atoms with Crippen molar-refractivity contribution in [3.05, 3.63) is 79.6 Å². The first-order valence-electron chi connectivity index (χ1n) is 10.5. The second-order valence-electron chi connectivity index (χ2n) is 7.45. The highest BCUT2D eigenvalue weighted by molar-refractivity contribution is 6.00. The van der Waals surface area contributed by atoms with Gasteiger partial charge in [0.05, 0.1) is 23.9 Å². The predicted octanol–water partition coefficient (Wildman–Crippen LogP) is 5.26. The average molecular weight is 425 g/mol. The van der Waals surface area contributed by atoms with Gasteiger partial charge in [0.25, 0.3) is 5.89 Å². The Kier molecular flexibility index (Phi) is 5.53. The Hall–Kier alpha value is -4.13. The summed E-state index contributed by atoms with van der Waals surface area (Å²) in [4.78, 5) is 4.64. The van der Waals surface area contributed by atoms with E-state index in [1.807, 2.05) is 30.3 Å². The second-order valence-corrected chi connectivity index (χ2v) is 7.45. The molecule has 32 heavy (non-hydrogen) atoms. The Morgan fingerprint density at radius 3 is 2.59 bits per heavy atom. The minimum atomic E-state index is 0.446. The summed E-state index contributed by atoms with van der Waals surface area (Å²) in [6.45, 7) is 1.74. The van der Waals surface area contributed by atoms with Gasteiger partial charge in [-0.15, -0.1) is 10.2 Å². The number of nitrogens with one attached hydrogen (secondary N) is 1. The van der Waals surface area contributed by atoms with Gasteiger partial charge in [-0.2, -0.15) is 0 Å². The van der Waals surface area contributed by atoms with Gasteiger partial charge in [-0.1, -0.05) is 18.2 Å². The molecule has 0 saturated carbocycles. The molecule has 0 aliphatic rings. The molecule has 7 nitrogen and oxygen atoms in total. The number of ether oxygens (including phenoxy) is 1. The van der Waals surface area contributed by atoms with Crippen LogP contribution in [0.4, 0.5) is 5.69 Å². The smallest absolute Gasteiger partial charge is 0.251 e. The van der Waals surface area contributed by atoms with Gasteiger partial charge in [0.2, 0.25) is 6.39 Å². The molecular formula is C25H23N5O2. The number of aromatic nitrogens is 4. The number of nitrogens with zero attached hydrogens (tertiary/aromatic N) is 4. The van der Waals surface area contributed by atoms with Crippen LogP contribution >= 0.6 is 0 Å². The van der Waals surface area contributed by atoms with E-state index >= 15 is 0 Å². The molecule has 2 aromatic carbocycles. The number of methoxy groups -OCH3 is 1. The lowest BCUT2D eigenvalue weighted by Gasteiger charge is -2.14. The van der Waals surface area contributed by atoms with E-state index < -0.39 is 0 Å². The summed E-state index contributed by atoms with van der Waals surface area (Å²) in [6, 6.07) is 18.4. The lowest BCUT2D eigenvalue weighted by Crippen LogP contribution is -2.07. The zero-order chi connectivity index (χ0) is 21.8. The molecule has 1 N–H and O–H groups in total. The van der Waals surface area contributed by atoms with Gasteiger partial charge in [0, 0.05) is 37.1 Å². The van der Waals surface area contributed by atoms with Gasteiger partial charge in [0.15, 0.2) is 0 Å². The molecule has 3 aromatic heterocycles. The molecule has 0 unspecified atom stereocenters. The quantitative estimate of drug-likeness (QED) is 0.342. The molecule has 0 aliphatic carbocycles. The monoisotopic (exact) mass is 425 g/mol. The van der Waals surface area contributed by atoms with Crippen LogP contribution in [0, 0.1) is 0 Å². The molecular weight excluding hydrogens is 402 g/mol. The summed E-state index contributed by atoms with van der Waals surface area (Å²) in [6.07, 6.45) is 8.25. The van der Waals surface area contributed by atoms with Crippen molar-refractivity contribution in [1.82, 2.24) is 19.7 Å². The molecule has 160 valence electrons. The van der Waals surface area contributed by atoms with Crippen LogP contribution in [0.3, 0.4) is 0 Å². The molecule has 0 bridgehead atoms. The fourth-order valence-corrected chi connectivity index (χ4v) is 3.79. The lowest BCUT2D eigenvalue weighted by atomic mass is 10.0. The van der Waals surface area contributed by atoms with Gasteiger partial charge < -0.3 is 19.0 Å². The summed E-state index contributed by atoms with van der Waals surface area (Å²) in [5.41, 5.74) is 4.85. The third kappa shape index (κ3) is 4.05. The summed E-state index contributed by atoms with van der Waals surface area (Å²) in [7, 11) is 1.67. The maximum atomic E-state index is 5.49. The van der Waals surface area contributed by atoms with Crippen LogP contribution < -0.4 is 10.1 Å². The Morgan fingerprint density at radius 2 is 1.84 bits per heavy atom. The molecule has 0 atom stereocenters. The Morgan fingerprint density at radius 1 is 1.03 bits per heavy atom. The van der Waals surface area contributed by atoms with E-state index in [9.17, 15) is 0 Å². The number of pyridine rings is 1. The van der Waals surface area contributed by atoms with Crippen molar-refractivity contribution in [1.29, 1.82) is 0 Å². The van der Waals surface area contributed by atoms with Gasteiger partial charge in [-0.3, -0.25) is 4.98 Å². The Bertz CT molecular complexity index is 1300. The zero-order valence-corrected chi connectivity index (χ0v) is 17.7. The molecule has 0 amide bonds. The van der Waals surface area contributed by atoms with Crippen LogP contribution in [-0.2, 0) is 6.54 Å². The fourth-order valence-electron chi connectivity index (χ4n) is 3.79. The van der Waals surface area contributed by atoms with Crippen molar-refractivity contribution in [3.63, 3.8) is 0 Å². The van der Waals surface area contributed by atoms with Crippen molar-refractivity contribution in [3.8, 4) is 28.3 Å². The molecule has 5 rings (SSSR count). The van der Waals surface area contributed by atoms with Crippen LogP contribution in [0.2, 0.25) is 0 Å². The standard InChI is InChI=1S/C25H23N5O2/c1-31-20-8-5-18(6-9-20)19-7-10-23-21(15-19)24(22(16-27-23)25-29-28-17-32-25)26-11-4-14-30-12-2-3-13-30/h2-3,5-10,12-13,15-17H,4,11,14H2,1H3,(H,26,27). The SMILES string of the molecule is COc1ccc(-c2ccc3ncc(-c4nnco4)c(NCCCn4cccc4)c3c2)cc1. The first-order chi connectivity index (χ1) is 15.8. The molecule has 0 spiro atoms. The molecule has 0 fully saturated rings. The highest BCUT2D eigenvalue weighted by Gasteiger charge is 2.15. The second kappa shape index (κ2) is 8.93. The van der Waals surface area contributed by atoms with Gasteiger partial charge >= 0.3 is 0 Å². The number of hydrogen-bond donors (Lipinski definition) is 1. The molecule has 0 saturated heterocycles. The van der Waals surface area contributed by atoms with Crippen LogP contribution in [0.15, 0.2) is 84.0 Å². The highest BCUT2D eigenvalue weighted by Crippen LogP contribution is 2.35. The largest absolute Gasteiger partial charge is 0.497 e. The minimum Gasteiger partial charge on any atom is -0.497 e. The Balaban J connectivity index is 1.51. The van der Waals surface area contributed by atoms with Crippen LogP contribution in [0.5, 0.6) is 5.75 Å². The zero-order valence-electron chi connectivity index (χ0n) is 17.7. The number of benzene rings is 2. The molecule has 3 heterocycles. The summed E-state index contributed by atoms with van der Waals surface area (Å²) in [5, 5.41) is 12.6. The number of anilines is 1. The lowest BCUT2D eigenvalue weighted by molar-refractivity contribution is 0.415. The average Bonchev–Trinajstić information content (AvgIpc) is 3.56. The first-order valence-corrected chi connectivity index (χ1v) is 10.5. The van der Waals surface area contributed by atoms with E-state index in [1.54, 1.807) is 13.3 Å². The number of fused-ring (bicyclic) bond motifs is 1. The maximum absolute atomic E-state index is 5.49. The fraction of sp³-hybridized carbons (Fsp3) is 0.160. The van der Waals surface area contributed by atoms with Crippen LogP contribution in [0.1, 0.15) is 6.42 Å². The highest BCUT2D eigenvalue weighted by atomic mass is 16.5. The van der Waals surface area contributed by atoms with E-state index in [2.05, 4.69) is 61.7 Å².